The van der Waals surface area contributed by atoms with E-state index in [4.69, 9.17) is 0 Å². The molecule has 110 valence electrons. The molecule has 1 aliphatic rings. The first-order chi connectivity index (χ1) is 9.98. The van der Waals surface area contributed by atoms with Gasteiger partial charge in [-0.05, 0) is 38.0 Å². The molecule has 0 aliphatic carbocycles. The minimum absolute atomic E-state index is 0.112. The van der Waals surface area contributed by atoms with Gasteiger partial charge >= 0.3 is 0 Å². The lowest BCUT2D eigenvalue weighted by Gasteiger charge is -2.46. The highest BCUT2D eigenvalue weighted by Crippen LogP contribution is 2.49. The number of hydrogen-bond donors (Lipinski definition) is 0. The monoisotopic (exact) mass is 280 g/mol. The van der Waals surface area contributed by atoms with Crippen LogP contribution in [0.15, 0.2) is 42.6 Å². The maximum atomic E-state index is 2.51. The Bertz CT molecular complexity index is 688. The Morgan fingerprint density at radius 3 is 2.43 bits per heavy atom. The summed E-state index contributed by atoms with van der Waals surface area (Å²) in [5.74, 6) is 0. The number of benzene rings is 1. The topological polar surface area (TPSA) is 3.88 Å². The van der Waals surface area contributed by atoms with Crippen LogP contribution in [0.1, 0.15) is 51.7 Å². The molecular formula is C20H26N+. The van der Waals surface area contributed by atoms with Crippen LogP contribution in [-0.2, 0) is 11.0 Å². The van der Waals surface area contributed by atoms with E-state index in [1.807, 2.05) is 0 Å². The molecule has 21 heavy (non-hydrogen) atoms. The third kappa shape index (κ3) is 1.73. The van der Waals surface area contributed by atoms with E-state index >= 15 is 0 Å². The molecule has 1 nitrogen and oxygen atoms in total. The summed E-state index contributed by atoms with van der Waals surface area (Å²) < 4.78 is 2.51. The first-order valence-electron chi connectivity index (χ1n) is 8.10. The van der Waals surface area contributed by atoms with Crippen LogP contribution in [0.2, 0.25) is 0 Å². The Labute approximate surface area is 128 Å². The van der Waals surface area contributed by atoms with Crippen LogP contribution < -0.4 is 4.57 Å². The number of aryl methyl sites for hydroxylation is 1. The standard InChI is InChI=1S/C20H26N/c1-6-19(4)17-12-11-15(3)14-16(17)18-10-8-9-13-21(18)20(19,5)7-2/h8-14H,6-7H2,1-5H3/q+1. The molecule has 3 rings (SSSR count). The molecule has 0 spiro atoms. The molecule has 2 atom stereocenters. The molecule has 1 aliphatic heterocycles. The summed E-state index contributed by atoms with van der Waals surface area (Å²) in [6, 6.07) is 13.6. The van der Waals surface area contributed by atoms with Gasteiger partial charge in [-0.1, -0.05) is 31.5 Å². The van der Waals surface area contributed by atoms with Crippen molar-refractivity contribution >= 4 is 0 Å². The van der Waals surface area contributed by atoms with Gasteiger partial charge in [-0.2, -0.15) is 4.57 Å². The van der Waals surface area contributed by atoms with Gasteiger partial charge in [-0.3, -0.25) is 0 Å². The molecule has 1 aromatic carbocycles. The molecule has 2 unspecified atom stereocenters. The predicted molar refractivity (Wildman–Crippen MR) is 88.4 cm³/mol. The van der Waals surface area contributed by atoms with Crippen LogP contribution in [0.5, 0.6) is 0 Å². The molecule has 0 radical (unpaired) electrons. The predicted octanol–water partition coefficient (Wildman–Crippen LogP) is 4.76. The van der Waals surface area contributed by atoms with E-state index in [9.17, 15) is 0 Å². The molecular weight excluding hydrogens is 254 g/mol. The lowest BCUT2D eigenvalue weighted by molar-refractivity contribution is -0.765. The molecule has 1 aromatic heterocycles. The van der Waals surface area contributed by atoms with Crippen molar-refractivity contribution < 1.29 is 4.57 Å². The first kappa shape index (κ1) is 14.3. The minimum atomic E-state index is 0.112. The van der Waals surface area contributed by atoms with E-state index < -0.39 is 0 Å². The number of pyridine rings is 1. The van der Waals surface area contributed by atoms with Crippen LogP contribution in [0, 0.1) is 6.92 Å². The third-order valence-corrected chi connectivity index (χ3v) is 6.02. The van der Waals surface area contributed by atoms with E-state index in [1.165, 1.54) is 22.4 Å². The average molecular weight is 280 g/mol. The molecule has 1 heteroatoms. The Kier molecular flexibility index (Phi) is 3.20. The minimum Gasteiger partial charge on any atom is -0.192 e. The van der Waals surface area contributed by atoms with E-state index in [2.05, 4.69) is 81.8 Å². The highest BCUT2D eigenvalue weighted by molar-refractivity contribution is 5.66. The lowest BCUT2D eigenvalue weighted by Crippen LogP contribution is -2.67. The average Bonchev–Trinajstić information content (AvgIpc) is 2.52. The lowest BCUT2D eigenvalue weighted by atomic mass is 9.60. The van der Waals surface area contributed by atoms with Gasteiger partial charge in [0.1, 0.15) is 0 Å². The fourth-order valence-electron chi connectivity index (χ4n) is 4.13. The van der Waals surface area contributed by atoms with Crippen LogP contribution in [0.4, 0.5) is 0 Å². The van der Waals surface area contributed by atoms with Crippen molar-refractivity contribution in [1.29, 1.82) is 0 Å². The summed E-state index contributed by atoms with van der Waals surface area (Å²) in [5.41, 5.74) is 5.87. The number of nitrogens with zero attached hydrogens (tertiary/aromatic N) is 1. The number of hydrogen-bond acceptors (Lipinski definition) is 0. The van der Waals surface area contributed by atoms with Gasteiger partial charge in [-0.25, -0.2) is 0 Å². The molecule has 0 N–H and O–H groups in total. The van der Waals surface area contributed by atoms with Crippen molar-refractivity contribution in [3.8, 4) is 11.3 Å². The Morgan fingerprint density at radius 2 is 1.76 bits per heavy atom. The molecule has 0 bridgehead atoms. The van der Waals surface area contributed by atoms with E-state index in [-0.39, 0.29) is 11.0 Å². The van der Waals surface area contributed by atoms with Crippen molar-refractivity contribution in [3.05, 3.63) is 53.7 Å². The summed E-state index contributed by atoms with van der Waals surface area (Å²) in [4.78, 5) is 0. The number of fused-ring (bicyclic) bond motifs is 3. The largest absolute Gasteiger partial charge is 0.213 e. The summed E-state index contributed by atoms with van der Waals surface area (Å²) in [6.07, 6.45) is 4.54. The van der Waals surface area contributed by atoms with Gasteiger partial charge in [0, 0.05) is 25.5 Å². The highest BCUT2D eigenvalue weighted by atomic mass is 15.1. The summed E-state index contributed by atoms with van der Waals surface area (Å²) in [7, 11) is 0. The fraction of sp³-hybridized carbons (Fsp3) is 0.450. The zero-order valence-corrected chi connectivity index (χ0v) is 13.9. The van der Waals surface area contributed by atoms with E-state index in [0.29, 0.717) is 0 Å². The Hall–Kier alpha value is -1.63. The second kappa shape index (κ2) is 4.69. The van der Waals surface area contributed by atoms with Crippen molar-refractivity contribution in [2.75, 3.05) is 0 Å². The molecule has 0 amide bonds. The van der Waals surface area contributed by atoms with E-state index in [1.54, 1.807) is 0 Å². The Morgan fingerprint density at radius 1 is 1.00 bits per heavy atom. The van der Waals surface area contributed by atoms with Crippen LogP contribution in [0.3, 0.4) is 0 Å². The number of rotatable bonds is 2. The quantitative estimate of drug-likeness (QED) is 0.699. The van der Waals surface area contributed by atoms with Crippen LogP contribution >= 0.6 is 0 Å². The summed E-state index contributed by atoms with van der Waals surface area (Å²) >= 11 is 0. The van der Waals surface area contributed by atoms with Gasteiger partial charge in [0.05, 0.1) is 11.0 Å². The van der Waals surface area contributed by atoms with Crippen molar-refractivity contribution in [2.24, 2.45) is 0 Å². The SMILES string of the molecule is CCC1(C)c2ccc(C)cc2-c2cccc[n+]2C1(C)CC. The van der Waals surface area contributed by atoms with E-state index in [0.717, 1.165) is 12.8 Å². The zero-order chi connectivity index (χ0) is 15.3. The second-order valence-electron chi connectivity index (χ2n) is 6.82. The third-order valence-electron chi connectivity index (χ3n) is 6.02. The summed E-state index contributed by atoms with van der Waals surface area (Å²) in [6.45, 7) is 11.7. The fourth-order valence-corrected chi connectivity index (χ4v) is 4.13. The maximum Gasteiger partial charge on any atom is 0.213 e. The molecule has 0 saturated heterocycles. The van der Waals surface area contributed by atoms with Crippen molar-refractivity contribution in [3.63, 3.8) is 0 Å². The molecule has 2 heterocycles. The normalized spacial score (nSPS) is 27.1. The van der Waals surface area contributed by atoms with Gasteiger partial charge in [0.2, 0.25) is 5.69 Å². The van der Waals surface area contributed by atoms with Crippen LogP contribution in [-0.4, -0.2) is 0 Å². The first-order valence-corrected chi connectivity index (χ1v) is 8.10. The van der Waals surface area contributed by atoms with Gasteiger partial charge in [0.15, 0.2) is 11.7 Å². The summed E-state index contributed by atoms with van der Waals surface area (Å²) in [5, 5.41) is 0. The highest BCUT2D eigenvalue weighted by Gasteiger charge is 2.55. The maximum absolute atomic E-state index is 2.51. The van der Waals surface area contributed by atoms with Gasteiger partial charge < -0.3 is 0 Å². The van der Waals surface area contributed by atoms with Gasteiger partial charge in [-0.15, -0.1) is 0 Å². The number of aromatic nitrogens is 1. The van der Waals surface area contributed by atoms with Gasteiger partial charge in [0.25, 0.3) is 0 Å². The van der Waals surface area contributed by atoms with Crippen molar-refractivity contribution in [1.82, 2.24) is 0 Å². The zero-order valence-electron chi connectivity index (χ0n) is 13.9. The molecule has 0 fully saturated rings. The Balaban J connectivity index is 2.43. The smallest absolute Gasteiger partial charge is 0.192 e. The molecule has 0 saturated carbocycles. The van der Waals surface area contributed by atoms with Crippen LogP contribution in [0.25, 0.3) is 11.3 Å². The molecule has 2 aromatic rings. The van der Waals surface area contributed by atoms with Crippen molar-refractivity contribution in [2.45, 2.75) is 58.4 Å². The second-order valence-corrected chi connectivity index (χ2v) is 6.82.